The minimum absolute atomic E-state index is 0.132. The van der Waals surface area contributed by atoms with Crippen LogP contribution in [0.1, 0.15) is 68.9 Å². The van der Waals surface area contributed by atoms with Crippen molar-refractivity contribution in [2.45, 2.75) is 63.8 Å². The number of allylic oxidation sites excluding steroid dienone is 1. The first-order valence-electron chi connectivity index (χ1n) is 11.5. The van der Waals surface area contributed by atoms with E-state index in [1.165, 1.54) is 12.8 Å². The molecule has 1 aromatic carbocycles. The molecule has 0 aliphatic heterocycles. The van der Waals surface area contributed by atoms with Gasteiger partial charge in [-0.1, -0.05) is 50.0 Å². The van der Waals surface area contributed by atoms with Crippen molar-refractivity contribution in [1.82, 2.24) is 4.98 Å². The van der Waals surface area contributed by atoms with Crippen LogP contribution >= 0.6 is 0 Å². The predicted octanol–water partition coefficient (Wildman–Crippen LogP) is 5.09. The largest absolute Gasteiger partial charge is 0.481 e. The molecule has 3 rings (SSSR count). The molecule has 0 atom stereocenters. The van der Waals surface area contributed by atoms with E-state index in [1.807, 2.05) is 47.6 Å². The van der Waals surface area contributed by atoms with Crippen molar-refractivity contribution in [1.29, 1.82) is 5.26 Å². The minimum atomic E-state index is -0.792. The van der Waals surface area contributed by atoms with E-state index in [9.17, 15) is 4.79 Å². The number of rotatable bonds is 8. The lowest BCUT2D eigenvalue weighted by Crippen LogP contribution is -2.44. The molecule has 0 radical (unpaired) electrons. The predicted molar refractivity (Wildman–Crippen MR) is 130 cm³/mol. The van der Waals surface area contributed by atoms with Gasteiger partial charge in [0.05, 0.1) is 0 Å². The summed E-state index contributed by atoms with van der Waals surface area (Å²) < 4.78 is 0. The van der Waals surface area contributed by atoms with E-state index in [2.05, 4.69) is 22.1 Å². The molecule has 1 aliphatic rings. The second kappa shape index (κ2) is 12.4. The Labute approximate surface area is 195 Å². The molecule has 172 valence electrons. The lowest BCUT2D eigenvalue weighted by Gasteiger charge is -2.32. The summed E-state index contributed by atoms with van der Waals surface area (Å²) >= 11 is 0. The Hall–Kier alpha value is -3.66. The van der Waals surface area contributed by atoms with E-state index >= 15 is 0 Å². The molecule has 0 saturated heterocycles. The number of aliphatic carboxylic acids is 1. The zero-order valence-electron chi connectivity index (χ0n) is 18.9. The summed E-state index contributed by atoms with van der Waals surface area (Å²) in [5.41, 5.74) is 10.1. The van der Waals surface area contributed by atoms with Gasteiger partial charge in [-0.2, -0.15) is 5.26 Å². The van der Waals surface area contributed by atoms with Crippen molar-refractivity contribution in [3.63, 3.8) is 0 Å². The average molecular weight is 446 g/mol. The van der Waals surface area contributed by atoms with Gasteiger partial charge in [0.15, 0.2) is 0 Å². The molecule has 1 heterocycles. The van der Waals surface area contributed by atoms with Gasteiger partial charge in [0.1, 0.15) is 0 Å². The van der Waals surface area contributed by atoms with Gasteiger partial charge in [0, 0.05) is 36.1 Å². The summed E-state index contributed by atoms with van der Waals surface area (Å²) in [6.45, 7) is 0. The molecule has 7 nitrogen and oxygen atoms in total. The standard InChI is InChI=1S/C26H31N5O2/c27-19-30-26(28)31(22-11-3-1-2-4-12-22)23-13-7-9-20(17-23)24(14-5-6-15-25(32)33)21-10-8-16-29-18-21/h7-10,13-14,16-18,22H,1-6,11-12,15H2,(H2,28,30)(H,32,33)/b24-14+. The molecule has 33 heavy (non-hydrogen) atoms. The maximum Gasteiger partial charge on any atom is 0.303 e. The van der Waals surface area contributed by atoms with Gasteiger partial charge in [0.25, 0.3) is 0 Å². The molecular weight excluding hydrogens is 414 g/mol. The molecule has 7 heteroatoms. The monoisotopic (exact) mass is 445 g/mol. The van der Waals surface area contributed by atoms with Gasteiger partial charge < -0.3 is 15.7 Å². The second-order valence-electron chi connectivity index (χ2n) is 8.28. The molecule has 0 bridgehead atoms. The molecule has 3 N–H and O–H groups in total. The number of carboxylic acids is 1. The molecule has 1 fully saturated rings. The molecule has 1 aliphatic carbocycles. The van der Waals surface area contributed by atoms with Gasteiger partial charge >= 0.3 is 5.97 Å². The maximum absolute atomic E-state index is 10.9. The normalized spacial score (nSPS) is 15.5. The summed E-state index contributed by atoms with van der Waals surface area (Å²) in [6.07, 6.45) is 15.5. The smallest absolute Gasteiger partial charge is 0.303 e. The van der Waals surface area contributed by atoms with Crippen molar-refractivity contribution < 1.29 is 9.90 Å². The van der Waals surface area contributed by atoms with Gasteiger partial charge in [-0.05, 0) is 55.0 Å². The summed E-state index contributed by atoms with van der Waals surface area (Å²) in [5.74, 6) is -0.575. The highest BCUT2D eigenvalue weighted by molar-refractivity contribution is 5.96. The lowest BCUT2D eigenvalue weighted by molar-refractivity contribution is -0.137. The van der Waals surface area contributed by atoms with Gasteiger partial charge in [0.2, 0.25) is 12.2 Å². The minimum Gasteiger partial charge on any atom is -0.481 e. The van der Waals surface area contributed by atoms with Crippen LogP contribution < -0.4 is 10.6 Å². The van der Waals surface area contributed by atoms with Crippen molar-refractivity contribution in [3.05, 3.63) is 66.0 Å². The van der Waals surface area contributed by atoms with Crippen LogP contribution in [0.4, 0.5) is 5.69 Å². The highest BCUT2D eigenvalue weighted by Crippen LogP contribution is 2.31. The average Bonchev–Trinajstić information content (AvgIpc) is 3.09. The van der Waals surface area contributed by atoms with Crippen LogP contribution in [0.15, 0.2) is 59.9 Å². The number of aliphatic imine (C=N–C) groups is 1. The van der Waals surface area contributed by atoms with Crippen LogP contribution in [0.3, 0.4) is 0 Å². The third-order valence-electron chi connectivity index (χ3n) is 5.95. The quantitative estimate of drug-likeness (QED) is 0.192. The Morgan fingerprint density at radius 1 is 1.21 bits per heavy atom. The van der Waals surface area contributed by atoms with E-state index in [4.69, 9.17) is 16.1 Å². The Morgan fingerprint density at radius 2 is 1.97 bits per heavy atom. The van der Waals surface area contributed by atoms with Crippen LogP contribution in [-0.4, -0.2) is 28.1 Å². The number of aromatic nitrogens is 1. The molecular formula is C26H31N5O2. The maximum atomic E-state index is 10.9. The SMILES string of the molecule is N#CN=C(N)N(c1cccc(/C(=C\CCCC(=O)O)c2cccnc2)c1)C1CCCCCC1. The van der Waals surface area contributed by atoms with Crippen LogP contribution in [-0.2, 0) is 4.79 Å². The first kappa shape index (κ1) is 24.0. The molecule has 1 saturated carbocycles. The van der Waals surface area contributed by atoms with E-state index in [1.54, 1.807) is 6.20 Å². The van der Waals surface area contributed by atoms with E-state index in [-0.39, 0.29) is 18.4 Å². The number of nitrogens with two attached hydrogens (primary N) is 1. The van der Waals surface area contributed by atoms with E-state index < -0.39 is 5.97 Å². The van der Waals surface area contributed by atoms with Crippen LogP contribution in [0, 0.1) is 11.5 Å². The van der Waals surface area contributed by atoms with Crippen molar-refractivity contribution in [3.8, 4) is 6.19 Å². The molecule has 1 aromatic heterocycles. The van der Waals surface area contributed by atoms with Crippen LogP contribution in [0.25, 0.3) is 5.57 Å². The lowest BCUT2D eigenvalue weighted by atomic mass is 9.96. The Bertz CT molecular complexity index is 1020. The highest BCUT2D eigenvalue weighted by Gasteiger charge is 2.24. The fraction of sp³-hybridized carbons (Fsp3) is 0.385. The Kier molecular flexibility index (Phi) is 9.01. The summed E-state index contributed by atoms with van der Waals surface area (Å²) in [4.78, 5) is 21.0. The Balaban J connectivity index is 1.99. The molecule has 2 aromatic rings. The van der Waals surface area contributed by atoms with Gasteiger partial charge in [-0.3, -0.25) is 9.78 Å². The van der Waals surface area contributed by atoms with E-state index in [0.717, 1.165) is 48.1 Å². The molecule has 0 spiro atoms. The number of benzene rings is 1. The van der Waals surface area contributed by atoms with Gasteiger partial charge in [-0.15, -0.1) is 4.99 Å². The number of carboxylic acid groups (broad SMARTS) is 1. The van der Waals surface area contributed by atoms with Crippen molar-refractivity contribution >= 4 is 23.2 Å². The summed E-state index contributed by atoms with van der Waals surface area (Å²) in [7, 11) is 0. The zero-order valence-corrected chi connectivity index (χ0v) is 18.9. The van der Waals surface area contributed by atoms with Crippen molar-refractivity contribution in [2.24, 2.45) is 10.7 Å². The fourth-order valence-corrected chi connectivity index (χ4v) is 4.40. The summed E-state index contributed by atoms with van der Waals surface area (Å²) in [6, 6.07) is 12.2. The number of hydrogen-bond donors (Lipinski definition) is 2. The fourth-order valence-electron chi connectivity index (χ4n) is 4.40. The first-order valence-corrected chi connectivity index (χ1v) is 11.5. The third kappa shape index (κ3) is 6.91. The number of pyridine rings is 1. The third-order valence-corrected chi connectivity index (χ3v) is 5.95. The number of anilines is 1. The number of hydrogen-bond acceptors (Lipinski definition) is 4. The number of nitrogens with zero attached hydrogens (tertiary/aromatic N) is 4. The van der Waals surface area contributed by atoms with Crippen LogP contribution in [0.2, 0.25) is 0 Å². The number of unbranched alkanes of at least 4 members (excludes halogenated alkanes) is 1. The Morgan fingerprint density at radius 3 is 2.64 bits per heavy atom. The van der Waals surface area contributed by atoms with Crippen molar-refractivity contribution in [2.75, 3.05) is 4.90 Å². The molecule has 0 unspecified atom stereocenters. The van der Waals surface area contributed by atoms with Gasteiger partial charge in [-0.25, -0.2) is 0 Å². The topological polar surface area (TPSA) is 116 Å². The second-order valence-corrected chi connectivity index (χ2v) is 8.28. The number of guanidine groups is 1. The summed E-state index contributed by atoms with van der Waals surface area (Å²) in [5, 5.41) is 18.1. The van der Waals surface area contributed by atoms with Crippen LogP contribution in [0.5, 0.6) is 0 Å². The number of carbonyl (C=O) groups is 1. The highest BCUT2D eigenvalue weighted by atomic mass is 16.4. The molecule has 0 amide bonds. The first-order chi connectivity index (χ1) is 16.1. The number of nitriles is 1. The van der Waals surface area contributed by atoms with E-state index in [0.29, 0.717) is 12.8 Å². The zero-order chi connectivity index (χ0) is 23.5.